The van der Waals surface area contributed by atoms with E-state index in [2.05, 4.69) is 36.3 Å². The molecule has 0 atom stereocenters. The molecule has 1 aromatic heterocycles. The van der Waals surface area contributed by atoms with Gasteiger partial charge in [-0.3, -0.25) is 9.69 Å². The van der Waals surface area contributed by atoms with Crippen LogP contribution >= 0.6 is 0 Å². The number of Topliss-reactive ketones (excluding diaryl/α,β-unsaturated/α-hetero) is 1. The number of hydrogen-bond donors (Lipinski definition) is 0. The first kappa shape index (κ1) is 20.1. The van der Waals surface area contributed by atoms with Gasteiger partial charge in [0.25, 0.3) is 0 Å². The second-order valence-electron chi connectivity index (χ2n) is 7.74. The molecule has 0 amide bonds. The van der Waals surface area contributed by atoms with Crippen LogP contribution in [0.2, 0.25) is 0 Å². The molecule has 2 heterocycles. The molecular formula is C21H27N2OW-. The number of aromatic nitrogens is 1. The molecule has 4 heteroatoms. The van der Waals surface area contributed by atoms with Gasteiger partial charge in [-0.25, -0.2) is 0 Å². The van der Waals surface area contributed by atoms with Gasteiger partial charge < -0.3 is 4.57 Å². The molecule has 1 aromatic carbocycles. The molecule has 1 fully saturated rings. The van der Waals surface area contributed by atoms with Gasteiger partial charge >= 0.3 is 0 Å². The van der Waals surface area contributed by atoms with Crippen LogP contribution in [0.1, 0.15) is 48.4 Å². The van der Waals surface area contributed by atoms with E-state index < -0.39 is 0 Å². The maximum atomic E-state index is 12.8. The third-order valence-corrected chi connectivity index (χ3v) is 5.27. The van der Waals surface area contributed by atoms with E-state index in [1.807, 2.05) is 37.3 Å². The van der Waals surface area contributed by atoms with Crippen molar-refractivity contribution in [2.75, 3.05) is 19.6 Å². The first-order valence-corrected chi connectivity index (χ1v) is 8.78. The fraction of sp³-hybridized carbons (Fsp3) is 0.476. The zero-order chi connectivity index (χ0) is 17.3. The van der Waals surface area contributed by atoms with Gasteiger partial charge in [0, 0.05) is 38.0 Å². The molecule has 0 N–H and O–H groups in total. The maximum absolute atomic E-state index is 12.8. The molecule has 2 aromatic rings. The Kier molecular flexibility index (Phi) is 6.45. The van der Waals surface area contributed by atoms with Crippen molar-refractivity contribution >= 4 is 5.78 Å². The van der Waals surface area contributed by atoms with Gasteiger partial charge in [-0.05, 0) is 51.3 Å². The van der Waals surface area contributed by atoms with Gasteiger partial charge in [-0.15, -0.1) is 12.1 Å². The van der Waals surface area contributed by atoms with Crippen LogP contribution < -0.4 is 0 Å². The summed E-state index contributed by atoms with van der Waals surface area (Å²) in [5.41, 5.74) is 4.48. The van der Waals surface area contributed by atoms with Gasteiger partial charge in [0.05, 0.1) is 6.54 Å². The van der Waals surface area contributed by atoms with Gasteiger partial charge in [-0.1, -0.05) is 19.5 Å². The minimum atomic E-state index is 0. The molecule has 0 saturated carbocycles. The molecule has 1 saturated heterocycles. The van der Waals surface area contributed by atoms with E-state index in [-0.39, 0.29) is 26.8 Å². The normalized spacial score (nSPS) is 17.1. The molecular weight excluding hydrogens is 480 g/mol. The number of carbonyl (C=O) groups excluding carboxylic acids is 1. The van der Waals surface area contributed by atoms with Crippen molar-refractivity contribution in [3.05, 3.63) is 53.3 Å². The van der Waals surface area contributed by atoms with Gasteiger partial charge in [0.1, 0.15) is 0 Å². The standard InChI is InChI=1S/C21H27N2O.W/c1-16-14-19(17(2)23(16)18-8-6-5-7-9-18)20(24)15-22-12-10-21(3,4)11-13-22;/h6-9,14H,10-13,15H2,1-4H3;/q-1;. The molecule has 0 bridgehead atoms. The van der Waals surface area contributed by atoms with E-state index in [9.17, 15) is 4.79 Å². The summed E-state index contributed by atoms with van der Waals surface area (Å²) in [5.74, 6) is 0.233. The number of hydrogen-bond acceptors (Lipinski definition) is 2. The number of benzene rings is 1. The topological polar surface area (TPSA) is 25.2 Å². The van der Waals surface area contributed by atoms with Crippen LogP contribution in [0.5, 0.6) is 0 Å². The minimum Gasteiger partial charge on any atom is -0.341 e. The SMILES string of the molecule is Cc1cc(C(=O)CN2CCC(C)(C)CC2)c(C)n1-c1cc[c-]cc1.[W]. The largest absolute Gasteiger partial charge is 0.341 e. The summed E-state index contributed by atoms with van der Waals surface area (Å²) in [5, 5.41) is 0. The Labute approximate surface area is 165 Å². The summed E-state index contributed by atoms with van der Waals surface area (Å²) in [7, 11) is 0. The number of aryl methyl sites for hydroxylation is 1. The molecule has 3 rings (SSSR count). The van der Waals surface area contributed by atoms with Crippen LogP contribution in [-0.2, 0) is 21.1 Å². The third-order valence-electron chi connectivity index (χ3n) is 5.27. The Morgan fingerprint density at radius 3 is 2.36 bits per heavy atom. The average Bonchev–Trinajstić information content (AvgIpc) is 2.85. The number of piperidine rings is 1. The molecule has 3 nitrogen and oxygen atoms in total. The fourth-order valence-electron chi connectivity index (χ4n) is 3.57. The molecule has 0 radical (unpaired) electrons. The number of nitrogens with zero attached hydrogens (tertiary/aromatic N) is 2. The molecule has 1 aliphatic heterocycles. The summed E-state index contributed by atoms with van der Waals surface area (Å²) in [6, 6.07) is 12.9. The van der Waals surface area contributed by atoms with E-state index in [0.717, 1.165) is 35.7 Å². The van der Waals surface area contributed by atoms with Crippen molar-refractivity contribution in [2.45, 2.75) is 40.5 Å². The summed E-state index contributed by atoms with van der Waals surface area (Å²) >= 11 is 0. The molecule has 0 aliphatic carbocycles. The monoisotopic (exact) mass is 507 g/mol. The van der Waals surface area contributed by atoms with Crippen LogP contribution in [0, 0.1) is 25.3 Å². The molecule has 0 unspecified atom stereocenters. The molecule has 0 spiro atoms. The fourth-order valence-corrected chi connectivity index (χ4v) is 3.57. The Bertz CT molecular complexity index is 724. The quantitative estimate of drug-likeness (QED) is 0.458. The Morgan fingerprint density at radius 2 is 1.76 bits per heavy atom. The van der Waals surface area contributed by atoms with Crippen molar-refractivity contribution < 1.29 is 25.9 Å². The van der Waals surface area contributed by atoms with Crippen LogP contribution in [0.15, 0.2) is 30.3 Å². The zero-order valence-corrected chi connectivity index (χ0v) is 18.6. The van der Waals surface area contributed by atoms with E-state index >= 15 is 0 Å². The van der Waals surface area contributed by atoms with Crippen molar-refractivity contribution in [3.8, 4) is 5.69 Å². The number of ketones is 1. The Hall–Kier alpha value is -1.18. The third kappa shape index (κ3) is 4.51. The molecule has 25 heavy (non-hydrogen) atoms. The Balaban J connectivity index is 0.00000225. The van der Waals surface area contributed by atoms with Crippen LogP contribution in [0.4, 0.5) is 0 Å². The van der Waals surface area contributed by atoms with Crippen LogP contribution in [0.3, 0.4) is 0 Å². The smallest absolute Gasteiger partial charge is 0.178 e. The van der Waals surface area contributed by atoms with Gasteiger partial charge in [0.15, 0.2) is 5.78 Å². The van der Waals surface area contributed by atoms with Gasteiger partial charge in [-0.2, -0.15) is 18.2 Å². The summed E-state index contributed by atoms with van der Waals surface area (Å²) < 4.78 is 2.15. The van der Waals surface area contributed by atoms with Crippen molar-refractivity contribution in [1.82, 2.24) is 9.47 Å². The number of carbonyl (C=O) groups is 1. The second kappa shape index (κ2) is 8.01. The average molecular weight is 507 g/mol. The second-order valence-corrected chi connectivity index (χ2v) is 7.74. The minimum absolute atomic E-state index is 0. The first-order chi connectivity index (χ1) is 11.4. The van der Waals surface area contributed by atoms with Crippen molar-refractivity contribution in [3.63, 3.8) is 0 Å². The summed E-state index contributed by atoms with van der Waals surface area (Å²) in [6.07, 6.45) is 2.33. The van der Waals surface area contributed by atoms with E-state index in [1.165, 1.54) is 12.8 Å². The maximum Gasteiger partial charge on any atom is 0.178 e. The zero-order valence-electron chi connectivity index (χ0n) is 15.6. The van der Waals surface area contributed by atoms with E-state index in [4.69, 9.17) is 0 Å². The number of likely N-dealkylation sites (tertiary alicyclic amines) is 1. The Morgan fingerprint density at radius 1 is 1.16 bits per heavy atom. The van der Waals surface area contributed by atoms with Crippen LogP contribution in [0.25, 0.3) is 5.69 Å². The molecule has 134 valence electrons. The summed E-state index contributed by atoms with van der Waals surface area (Å²) in [6.45, 7) is 11.3. The van der Waals surface area contributed by atoms with Crippen LogP contribution in [-0.4, -0.2) is 34.9 Å². The predicted octanol–water partition coefficient (Wildman–Crippen LogP) is 4.20. The predicted molar refractivity (Wildman–Crippen MR) is 97.9 cm³/mol. The van der Waals surface area contributed by atoms with E-state index in [0.29, 0.717) is 12.0 Å². The first-order valence-electron chi connectivity index (χ1n) is 8.78. The van der Waals surface area contributed by atoms with Crippen molar-refractivity contribution in [1.29, 1.82) is 0 Å². The van der Waals surface area contributed by atoms with Crippen molar-refractivity contribution in [2.24, 2.45) is 5.41 Å². The number of rotatable bonds is 4. The van der Waals surface area contributed by atoms with E-state index in [1.54, 1.807) is 0 Å². The summed E-state index contributed by atoms with van der Waals surface area (Å²) in [4.78, 5) is 15.1. The molecule has 1 aliphatic rings. The van der Waals surface area contributed by atoms with Gasteiger partial charge in [0.2, 0.25) is 0 Å².